The SMILES string of the molecule is CCOC1CC(NC(C)C(C)CC)C1(C)CC. The van der Waals surface area contributed by atoms with Crippen molar-refractivity contribution in [2.24, 2.45) is 11.3 Å². The van der Waals surface area contributed by atoms with Crippen molar-refractivity contribution in [2.45, 2.75) is 79.0 Å². The van der Waals surface area contributed by atoms with E-state index in [1.165, 1.54) is 19.3 Å². The van der Waals surface area contributed by atoms with Crippen molar-refractivity contribution in [3.05, 3.63) is 0 Å². The average Bonchev–Trinajstić information content (AvgIpc) is 2.35. The Morgan fingerprint density at radius 1 is 1.29 bits per heavy atom. The quantitative estimate of drug-likeness (QED) is 0.735. The van der Waals surface area contributed by atoms with E-state index in [0.29, 0.717) is 23.6 Å². The Morgan fingerprint density at radius 3 is 2.41 bits per heavy atom. The maximum atomic E-state index is 5.84. The third-order valence-corrected chi connectivity index (χ3v) is 5.07. The van der Waals surface area contributed by atoms with Gasteiger partial charge in [0.2, 0.25) is 0 Å². The number of ether oxygens (including phenoxy) is 1. The smallest absolute Gasteiger partial charge is 0.0658 e. The summed E-state index contributed by atoms with van der Waals surface area (Å²) in [6.07, 6.45) is 4.08. The fourth-order valence-corrected chi connectivity index (χ4v) is 2.84. The molecule has 0 radical (unpaired) electrons. The van der Waals surface area contributed by atoms with Crippen molar-refractivity contribution in [3.63, 3.8) is 0 Å². The van der Waals surface area contributed by atoms with Gasteiger partial charge in [0.15, 0.2) is 0 Å². The molecule has 1 fully saturated rings. The molecule has 1 aliphatic rings. The van der Waals surface area contributed by atoms with E-state index in [4.69, 9.17) is 4.74 Å². The number of hydrogen-bond donors (Lipinski definition) is 1. The van der Waals surface area contributed by atoms with E-state index < -0.39 is 0 Å². The van der Waals surface area contributed by atoms with Crippen LogP contribution in [0.3, 0.4) is 0 Å². The molecule has 102 valence electrons. The zero-order valence-electron chi connectivity index (χ0n) is 12.5. The highest BCUT2D eigenvalue weighted by atomic mass is 16.5. The normalized spacial score (nSPS) is 36.4. The van der Waals surface area contributed by atoms with Crippen LogP contribution in [0.2, 0.25) is 0 Å². The van der Waals surface area contributed by atoms with Crippen molar-refractivity contribution >= 4 is 0 Å². The van der Waals surface area contributed by atoms with E-state index in [1.54, 1.807) is 0 Å². The van der Waals surface area contributed by atoms with Gasteiger partial charge < -0.3 is 10.1 Å². The number of rotatable bonds is 7. The number of hydrogen-bond acceptors (Lipinski definition) is 2. The van der Waals surface area contributed by atoms with Gasteiger partial charge in [-0.25, -0.2) is 0 Å². The van der Waals surface area contributed by atoms with Crippen LogP contribution in [0, 0.1) is 11.3 Å². The van der Waals surface area contributed by atoms with E-state index >= 15 is 0 Å². The van der Waals surface area contributed by atoms with Crippen LogP contribution in [0.25, 0.3) is 0 Å². The largest absolute Gasteiger partial charge is 0.378 e. The molecule has 17 heavy (non-hydrogen) atoms. The Bertz CT molecular complexity index is 231. The fraction of sp³-hybridized carbons (Fsp3) is 1.00. The standard InChI is InChI=1S/C15H31NO/c1-7-11(4)12(5)16-13-10-14(17-9-3)15(13,6)8-2/h11-14,16H,7-10H2,1-6H3. The summed E-state index contributed by atoms with van der Waals surface area (Å²) >= 11 is 0. The first-order chi connectivity index (χ1) is 7.99. The molecule has 1 rings (SSSR count). The molecule has 1 aliphatic carbocycles. The summed E-state index contributed by atoms with van der Waals surface area (Å²) in [6, 6.07) is 1.24. The lowest BCUT2D eigenvalue weighted by Crippen LogP contribution is -2.64. The Hall–Kier alpha value is -0.0800. The average molecular weight is 241 g/mol. The summed E-state index contributed by atoms with van der Waals surface area (Å²) in [5.41, 5.74) is 0.331. The molecule has 2 nitrogen and oxygen atoms in total. The molecule has 1 saturated carbocycles. The first-order valence-electron chi connectivity index (χ1n) is 7.37. The van der Waals surface area contributed by atoms with Gasteiger partial charge in [0.25, 0.3) is 0 Å². The molecular formula is C15H31NO. The molecular weight excluding hydrogens is 210 g/mol. The Balaban J connectivity index is 2.51. The second-order valence-corrected chi connectivity index (χ2v) is 5.93. The highest BCUT2D eigenvalue weighted by Gasteiger charge is 2.51. The van der Waals surface area contributed by atoms with Crippen molar-refractivity contribution in [3.8, 4) is 0 Å². The second kappa shape index (κ2) is 6.19. The van der Waals surface area contributed by atoms with Crippen LogP contribution in [0.5, 0.6) is 0 Å². The van der Waals surface area contributed by atoms with Gasteiger partial charge in [0.05, 0.1) is 6.10 Å². The summed E-state index contributed by atoms with van der Waals surface area (Å²) in [5.74, 6) is 0.752. The van der Waals surface area contributed by atoms with Crippen LogP contribution in [-0.4, -0.2) is 24.8 Å². The van der Waals surface area contributed by atoms with Gasteiger partial charge in [-0.2, -0.15) is 0 Å². The van der Waals surface area contributed by atoms with E-state index in [0.717, 1.165) is 12.5 Å². The lowest BCUT2D eigenvalue weighted by atomic mass is 9.61. The summed E-state index contributed by atoms with van der Waals surface area (Å²) in [4.78, 5) is 0. The van der Waals surface area contributed by atoms with Crippen molar-refractivity contribution in [1.82, 2.24) is 5.32 Å². The molecule has 2 heteroatoms. The Morgan fingerprint density at radius 2 is 1.94 bits per heavy atom. The van der Waals surface area contributed by atoms with Crippen LogP contribution in [-0.2, 0) is 4.74 Å². The zero-order chi connectivity index (χ0) is 13.1. The third kappa shape index (κ3) is 3.03. The highest BCUT2D eigenvalue weighted by molar-refractivity contribution is 5.05. The van der Waals surface area contributed by atoms with Crippen LogP contribution in [0.15, 0.2) is 0 Å². The molecule has 0 saturated heterocycles. The molecule has 0 bridgehead atoms. The fourth-order valence-electron chi connectivity index (χ4n) is 2.84. The third-order valence-electron chi connectivity index (χ3n) is 5.07. The molecule has 1 N–H and O–H groups in total. The van der Waals surface area contributed by atoms with Gasteiger partial charge in [-0.05, 0) is 32.6 Å². The predicted molar refractivity (Wildman–Crippen MR) is 74.3 cm³/mol. The minimum Gasteiger partial charge on any atom is -0.378 e. The number of nitrogens with one attached hydrogen (secondary N) is 1. The molecule has 5 unspecified atom stereocenters. The minimum atomic E-state index is 0.331. The van der Waals surface area contributed by atoms with E-state index in [1.807, 2.05) is 0 Å². The van der Waals surface area contributed by atoms with E-state index in [9.17, 15) is 0 Å². The monoisotopic (exact) mass is 241 g/mol. The topological polar surface area (TPSA) is 21.3 Å². The molecule has 0 aromatic rings. The van der Waals surface area contributed by atoms with Crippen LogP contribution >= 0.6 is 0 Å². The Labute approximate surface area is 108 Å². The summed E-state index contributed by atoms with van der Waals surface area (Å²) < 4.78 is 5.84. The van der Waals surface area contributed by atoms with Gasteiger partial charge in [-0.15, -0.1) is 0 Å². The van der Waals surface area contributed by atoms with Crippen LogP contribution < -0.4 is 5.32 Å². The van der Waals surface area contributed by atoms with Crippen LogP contribution in [0.4, 0.5) is 0 Å². The predicted octanol–water partition coefficient (Wildman–Crippen LogP) is 3.60. The summed E-state index contributed by atoms with van der Waals surface area (Å²) in [7, 11) is 0. The molecule has 0 aromatic heterocycles. The summed E-state index contributed by atoms with van der Waals surface area (Å²) in [6.45, 7) is 14.5. The molecule has 0 aromatic carbocycles. The maximum absolute atomic E-state index is 5.84. The highest BCUT2D eigenvalue weighted by Crippen LogP contribution is 2.46. The minimum absolute atomic E-state index is 0.331. The zero-order valence-corrected chi connectivity index (χ0v) is 12.5. The van der Waals surface area contributed by atoms with Crippen LogP contribution in [0.1, 0.15) is 60.8 Å². The van der Waals surface area contributed by atoms with E-state index in [2.05, 4.69) is 46.9 Å². The van der Waals surface area contributed by atoms with E-state index in [-0.39, 0.29) is 0 Å². The maximum Gasteiger partial charge on any atom is 0.0658 e. The van der Waals surface area contributed by atoms with Crippen molar-refractivity contribution in [2.75, 3.05) is 6.61 Å². The lowest BCUT2D eigenvalue weighted by molar-refractivity contribution is -0.128. The molecule has 0 heterocycles. The molecule has 0 aliphatic heterocycles. The Kier molecular flexibility index (Phi) is 5.46. The first kappa shape index (κ1) is 15.0. The van der Waals surface area contributed by atoms with Gasteiger partial charge >= 0.3 is 0 Å². The van der Waals surface area contributed by atoms with Gasteiger partial charge in [-0.1, -0.05) is 34.1 Å². The van der Waals surface area contributed by atoms with Gasteiger partial charge in [0.1, 0.15) is 0 Å². The van der Waals surface area contributed by atoms with Gasteiger partial charge in [0, 0.05) is 24.1 Å². The second-order valence-electron chi connectivity index (χ2n) is 5.93. The molecule has 5 atom stereocenters. The first-order valence-corrected chi connectivity index (χ1v) is 7.37. The lowest BCUT2D eigenvalue weighted by Gasteiger charge is -2.55. The summed E-state index contributed by atoms with van der Waals surface area (Å²) in [5, 5.41) is 3.82. The van der Waals surface area contributed by atoms with Crippen molar-refractivity contribution < 1.29 is 4.74 Å². The van der Waals surface area contributed by atoms with Crippen molar-refractivity contribution in [1.29, 1.82) is 0 Å². The molecule has 0 amide bonds. The van der Waals surface area contributed by atoms with Gasteiger partial charge in [-0.3, -0.25) is 0 Å². The molecule has 0 spiro atoms.